The highest BCUT2D eigenvalue weighted by molar-refractivity contribution is 6.30. The zero-order valence-corrected chi connectivity index (χ0v) is 11.2. The summed E-state index contributed by atoms with van der Waals surface area (Å²) < 4.78 is 7.50. The van der Waals surface area contributed by atoms with Crippen LogP contribution in [0, 0.1) is 13.8 Å². The van der Waals surface area contributed by atoms with Crippen LogP contribution in [0.2, 0.25) is 5.02 Å². The van der Waals surface area contributed by atoms with Crippen LogP contribution in [0.25, 0.3) is 0 Å². The molecule has 1 aromatic carbocycles. The highest BCUT2D eigenvalue weighted by Crippen LogP contribution is 2.30. The van der Waals surface area contributed by atoms with Crippen molar-refractivity contribution in [2.75, 3.05) is 0 Å². The summed E-state index contributed by atoms with van der Waals surface area (Å²) in [7, 11) is 1.84. The first-order valence-electron chi connectivity index (χ1n) is 5.45. The quantitative estimate of drug-likeness (QED) is 0.799. The minimum absolute atomic E-state index is 0.421. The fourth-order valence-corrected chi connectivity index (χ4v) is 1.90. The maximum atomic E-state index is 11.0. The Morgan fingerprint density at radius 3 is 2.67 bits per heavy atom. The van der Waals surface area contributed by atoms with Crippen molar-refractivity contribution < 1.29 is 9.53 Å². The van der Waals surface area contributed by atoms with E-state index in [1.807, 2.05) is 20.9 Å². The van der Waals surface area contributed by atoms with Gasteiger partial charge in [0.25, 0.3) is 0 Å². The van der Waals surface area contributed by atoms with E-state index >= 15 is 0 Å². The summed E-state index contributed by atoms with van der Waals surface area (Å²) >= 11 is 5.83. The Labute approximate surface area is 110 Å². The maximum absolute atomic E-state index is 11.0. The molecule has 0 atom stereocenters. The van der Waals surface area contributed by atoms with Crippen LogP contribution < -0.4 is 4.74 Å². The van der Waals surface area contributed by atoms with Crippen molar-refractivity contribution >= 4 is 17.9 Å². The van der Waals surface area contributed by atoms with E-state index in [1.165, 1.54) is 0 Å². The normalized spacial score (nSPS) is 10.4. The van der Waals surface area contributed by atoms with Crippen LogP contribution in [0.5, 0.6) is 11.5 Å². The van der Waals surface area contributed by atoms with E-state index in [4.69, 9.17) is 16.3 Å². The van der Waals surface area contributed by atoms with Gasteiger partial charge in [-0.15, -0.1) is 0 Å². The summed E-state index contributed by atoms with van der Waals surface area (Å²) in [6, 6.07) is 4.94. The molecule has 0 saturated heterocycles. The third-order valence-corrected chi connectivity index (χ3v) is 2.99. The Hall–Kier alpha value is -1.81. The minimum Gasteiger partial charge on any atom is -0.453 e. The molecular formula is C13H13ClN2O2. The summed E-state index contributed by atoms with van der Waals surface area (Å²) in [6.07, 6.45) is 0.724. The largest absolute Gasteiger partial charge is 0.453 e. The molecule has 0 radical (unpaired) electrons. The molecule has 0 aliphatic carbocycles. The van der Waals surface area contributed by atoms with Crippen molar-refractivity contribution in [1.82, 2.24) is 9.78 Å². The molecule has 0 spiro atoms. The number of rotatable bonds is 3. The van der Waals surface area contributed by atoms with Gasteiger partial charge in [-0.25, -0.2) is 0 Å². The van der Waals surface area contributed by atoms with Gasteiger partial charge in [0, 0.05) is 12.1 Å². The van der Waals surface area contributed by atoms with Crippen molar-refractivity contribution in [1.29, 1.82) is 0 Å². The van der Waals surface area contributed by atoms with Crippen molar-refractivity contribution in [3.63, 3.8) is 0 Å². The molecule has 1 aromatic heterocycles. The lowest BCUT2D eigenvalue weighted by molar-refractivity contribution is 0.112. The Morgan fingerprint density at radius 1 is 1.39 bits per heavy atom. The van der Waals surface area contributed by atoms with E-state index in [-0.39, 0.29) is 0 Å². The lowest BCUT2D eigenvalue weighted by atomic mass is 10.2. The van der Waals surface area contributed by atoms with Crippen LogP contribution in [-0.2, 0) is 7.05 Å². The topological polar surface area (TPSA) is 44.1 Å². The number of carbonyl (C=O) groups is 1. The number of hydrogen-bond donors (Lipinski definition) is 0. The average molecular weight is 265 g/mol. The highest BCUT2D eigenvalue weighted by atomic mass is 35.5. The zero-order valence-electron chi connectivity index (χ0n) is 10.4. The third-order valence-electron chi connectivity index (χ3n) is 2.75. The molecule has 0 N–H and O–H groups in total. The molecule has 0 amide bonds. The number of benzene rings is 1. The van der Waals surface area contributed by atoms with E-state index in [0.29, 0.717) is 22.1 Å². The molecule has 94 valence electrons. The van der Waals surface area contributed by atoms with Gasteiger partial charge in [-0.1, -0.05) is 11.6 Å². The Bertz CT molecular complexity index is 605. The number of aldehydes is 1. The van der Waals surface area contributed by atoms with E-state index < -0.39 is 0 Å². The number of ether oxygens (including phenoxy) is 1. The molecular weight excluding hydrogens is 252 g/mol. The molecule has 0 fully saturated rings. The number of aryl methyl sites for hydroxylation is 2. The minimum atomic E-state index is 0.421. The molecule has 18 heavy (non-hydrogen) atoms. The molecule has 4 nitrogen and oxygen atoms in total. The Morgan fingerprint density at radius 2 is 2.11 bits per heavy atom. The van der Waals surface area contributed by atoms with Crippen LogP contribution >= 0.6 is 11.6 Å². The maximum Gasteiger partial charge on any atom is 0.171 e. The SMILES string of the molecule is Cc1nn(C)c(C)c1Oc1ccc(Cl)cc1C=O. The van der Waals surface area contributed by atoms with Crippen LogP contribution in [0.4, 0.5) is 0 Å². The molecule has 0 aliphatic rings. The molecule has 2 rings (SSSR count). The summed E-state index contributed by atoms with van der Waals surface area (Å²) in [5.41, 5.74) is 2.10. The van der Waals surface area contributed by atoms with E-state index in [0.717, 1.165) is 17.7 Å². The predicted molar refractivity (Wildman–Crippen MR) is 69.6 cm³/mol. The molecule has 0 unspecified atom stereocenters. The summed E-state index contributed by atoms with van der Waals surface area (Å²) in [5, 5.41) is 4.76. The van der Waals surface area contributed by atoms with Gasteiger partial charge in [-0.3, -0.25) is 9.48 Å². The van der Waals surface area contributed by atoms with Gasteiger partial charge in [0.1, 0.15) is 11.4 Å². The number of nitrogens with zero attached hydrogens (tertiary/aromatic N) is 2. The van der Waals surface area contributed by atoms with Gasteiger partial charge in [0.2, 0.25) is 0 Å². The first kappa shape index (κ1) is 12.6. The number of carbonyl (C=O) groups excluding carboxylic acids is 1. The van der Waals surface area contributed by atoms with Gasteiger partial charge in [0.05, 0.1) is 11.3 Å². The second kappa shape index (κ2) is 4.82. The van der Waals surface area contributed by atoms with Crippen molar-refractivity contribution in [3.05, 3.63) is 40.2 Å². The highest BCUT2D eigenvalue weighted by Gasteiger charge is 2.13. The van der Waals surface area contributed by atoms with E-state index in [9.17, 15) is 4.79 Å². The molecule has 5 heteroatoms. The van der Waals surface area contributed by atoms with Gasteiger partial charge in [0.15, 0.2) is 12.0 Å². The van der Waals surface area contributed by atoms with Crippen molar-refractivity contribution in [2.24, 2.45) is 7.05 Å². The Kier molecular flexibility index (Phi) is 3.39. The summed E-state index contributed by atoms with van der Waals surface area (Å²) in [5.74, 6) is 1.15. The van der Waals surface area contributed by atoms with Crippen molar-refractivity contribution in [3.8, 4) is 11.5 Å². The third kappa shape index (κ3) is 2.24. The molecule has 0 aliphatic heterocycles. The van der Waals surface area contributed by atoms with Crippen LogP contribution in [0.1, 0.15) is 21.7 Å². The second-order valence-electron chi connectivity index (χ2n) is 4.03. The summed E-state index contributed by atoms with van der Waals surface area (Å²) in [6.45, 7) is 3.77. The van der Waals surface area contributed by atoms with E-state index in [1.54, 1.807) is 22.9 Å². The lowest BCUT2D eigenvalue weighted by Crippen LogP contribution is -1.94. The first-order chi connectivity index (χ1) is 8.52. The smallest absolute Gasteiger partial charge is 0.171 e. The number of aromatic nitrogens is 2. The fraction of sp³-hybridized carbons (Fsp3) is 0.231. The Balaban J connectivity index is 2.42. The summed E-state index contributed by atoms with van der Waals surface area (Å²) in [4.78, 5) is 11.0. The van der Waals surface area contributed by atoms with Gasteiger partial charge >= 0.3 is 0 Å². The number of halogens is 1. The lowest BCUT2D eigenvalue weighted by Gasteiger charge is -2.08. The number of hydrogen-bond acceptors (Lipinski definition) is 3. The van der Waals surface area contributed by atoms with E-state index in [2.05, 4.69) is 5.10 Å². The van der Waals surface area contributed by atoms with Gasteiger partial charge in [-0.2, -0.15) is 5.10 Å². The molecule has 2 aromatic rings. The van der Waals surface area contributed by atoms with Crippen LogP contribution in [-0.4, -0.2) is 16.1 Å². The average Bonchev–Trinajstić information content (AvgIpc) is 2.58. The molecule has 0 bridgehead atoms. The fourth-order valence-electron chi connectivity index (χ4n) is 1.72. The molecule has 1 heterocycles. The van der Waals surface area contributed by atoms with Crippen LogP contribution in [0.3, 0.4) is 0 Å². The predicted octanol–water partition coefficient (Wildman–Crippen LogP) is 3.30. The monoisotopic (exact) mass is 264 g/mol. The standard InChI is InChI=1S/C13H13ClN2O2/c1-8-13(9(2)16(3)15-8)18-12-5-4-11(14)6-10(12)7-17/h4-7H,1-3H3. The van der Waals surface area contributed by atoms with Gasteiger partial charge < -0.3 is 4.74 Å². The zero-order chi connectivity index (χ0) is 13.3. The van der Waals surface area contributed by atoms with Gasteiger partial charge in [-0.05, 0) is 32.0 Å². The first-order valence-corrected chi connectivity index (χ1v) is 5.83. The van der Waals surface area contributed by atoms with Crippen LogP contribution in [0.15, 0.2) is 18.2 Å². The van der Waals surface area contributed by atoms with Crippen molar-refractivity contribution in [2.45, 2.75) is 13.8 Å². The second-order valence-corrected chi connectivity index (χ2v) is 4.46. The molecule has 0 saturated carbocycles.